The monoisotopic (exact) mass is 581 g/mol. The number of rotatable bonds is 5. The first-order valence-corrected chi connectivity index (χ1v) is 13.6. The predicted molar refractivity (Wildman–Crippen MR) is 153 cm³/mol. The summed E-state index contributed by atoms with van der Waals surface area (Å²) in [4.78, 5) is 41.9. The van der Waals surface area contributed by atoms with Crippen LogP contribution in [0.4, 0.5) is 11.6 Å². The van der Waals surface area contributed by atoms with Crippen LogP contribution in [0.5, 0.6) is 0 Å². The number of benzene rings is 2. The molecule has 9 nitrogen and oxygen atoms in total. The predicted octanol–water partition coefficient (Wildman–Crippen LogP) is 4.62. The fourth-order valence-corrected chi connectivity index (χ4v) is 6.21. The van der Waals surface area contributed by atoms with E-state index in [9.17, 15) is 9.59 Å². The topological polar surface area (TPSA) is 119 Å². The first-order valence-electron chi connectivity index (χ1n) is 12.8. The van der Waals surface area contributed by atoms with E-state index in [0.717, 1.165) is 33.8 Å². The number of fused-ring (bicyclic) bond motifs is 4. The van der Waals surface area contributed by atoms with Crippen molar-refractivity contribution in [3.05, 3.63) is 77.7 Å². The molecule has 1 aliphatic heterocycles. The minimum atomic E-state index is -0.542. The van der Waals surface area contributed by atoms with Crippen molar-refractivity contribution < 1.29 is 9.59 Å². The summed E-state index contributed by atoms with van der Waals surface area (Å²) in [5.41, 5.74) is 9.89. The van der Waals surface area contributed by atoms with Gasteiger partial charge in [-0.25, -0.2) is 15.0 Å². The maximum atomic E-state index is 13.9. The fourth-order valence-electron chi connectivity index (χ4n) is 5.86. The van der Waals surface area contributed by atoms with E-state index in [1.807, 2.05) is 34.9 Å². The van der Waals surface area contributed by atoms with Gasteiger partial charge in [-0.1, -0.05) is 42.5 Å². The number of nitrogen functional groups attached to an aromatic ring is 1. The number of nitrogens with zero attached hydrogens (tertiary/aromatic N) is 5. The Balaban J connectivity index is 1.23. The first kappa shape index (κ1) is 23.8. The lowest BCUT2D eigenvalue weighted by Crippen LogP contribution is -2.46. The molecule has 2 fully saturated rings. The molecule has 3 N–H and O–H groups in total. The number of amides is 2. The zero-order valence-electron chi connectivity index (χ0n) is 20.8. The quantitative estimate of drug-likeness (QED) is 0.292. The number of aromatic nitrogens is 4. The van der Waals surface area contributed by atoms with E-state index in [2.05, 4.69) is 54.4 Å². The van der Waals surface area contributed by atoms with Crippen molar-refractivity contribution in [3.63, 3.8) is 0 Å². The van der Waals surface area contributed by atoms with Gasteiger partial charge in [0.1, 0.15) is 40.8 Å². The van der Waals surface area contributed by atoms with Gasteiger partial charge in [0.15, 0.2) is 0 Å². The molecule has 2 amide bonds. The number of pyridine rings is 1. The Bertz CT molecular complexity index is 1770. The van der Waals surface area contributed by atoms with Gasteiger partial charge in [-0.15, -0.1) is 0 Å². The fraction of sp³-hybridized carbons (Fsp3) is 0.207. The maximum absolute atomic E-state index is 13.9. The summed E-state index contributed by atoms with van der Waals surface area (Å²) >= 11 is 3.33. The summed E-state index contributed by atoms with van der Waals surface area (Å²) in [5, 5.41) is 4.49. The van der Waals surface area contributed by atoms with E-state index in [0.29, 0.717) is 34.2 Å². The molecule has 3 atom stereocenters. The highest BCUT2D eigenvalue weighted by Gasteiger charge is 2.56. The molecule has 1 unspecified atom stereocenters. The highest BCUT2D eigenvalue weighted by Crippen LogP contribution is 2.48. The van der Waals surface area contributed by atoms with Crippen LogP contribution in [0.25, 0.3) is 33.1 Å². The van der Waals surface area contributed by atoms with E-state index in [1.165, 1.54) is 6.33 Å². The molecular weight excluding hydrogens is 558 g/mol. The second kappa shape index (κ2) is 9.16. The molecule has 5 aromatic rings. The molecule has 4 heterocycles. The van der Waals surface area contributed by atoms with Crippen molar-refractivity contribution in [1.82, 2.24) is 24.4 Å². The van der Waals surface area contributed by atoms with Gasteiger partial charge >= 0.3 is 0 Å². The molecule has 0 spiro atoms. The van der Waals surface area contributed by atoms with Crippen molar-refractivity contribution >= 4 is 61.3 Å². The van der Waals surface area contributed by atoms with Crippen molar-refractivity contribution in [1.29, 1.82) is 0 Å². The van der Waals surface area contributed by atoms with Gasteiger partial charge in [0, 0.05) is 11.4 Å². The Labute approximate surface area is 232 Å². The van der Waals surface area contributed by atoms with E-state index < -0.39 is 6.04 Å². The zero-order chi connectivity index (χ0) is 26.7. The molecule has 194 valence electrons. The highest BCUT2D eigenvalue weighted by molar-refractivity contribution is 9.10. The number of carbonyl (C=O) groups is 2. The molecule has 1 saturated heterocycles. The summed E-state index contributed by atoms with van der Waals surface area (Å²) in [6, 6.07) is 21.1. The number of piperidine rings is 1. The van der Waals surface area contributed by atoms with Gasteiger partial charge in [-0.05, 0) is 70.1 Å². The Kier molecular flexibility index (Phi) is 5.59. The maximum Gasteiger partial charge on any atom is 0.248 e. The average molecular weight is 582 g/mol. The second-order valence-corrected chi connectivity index (χ2v) is 10.9. The van der Waals surface area contributed by atoms with Crippen LogP contribution in [0, 0.1) is 5.92 Å². The summed E-state index contributed by atoms with van der Waals surface area (Å²) in [6.45, 7) is 0.0449. The van der Waals surface area contributed by atoms with Gasteiger partial charge < -0.3 is 20.5 Å². The Morgan fingerprint density at radius 2 is 1.85 bits per heavy atom. The Morgan fingerprint density at radius 3 is 2.67 bits per heavy atom. The van der Waals surface area contributed by atoms with E-state index in [1.54, 1.807) is 23.1 Å². The Hall–Kier alpha value is -4.31. The van der Waals surface area contributed by atoms with Gasteiger partial charge in [-0.3, -0.25) is 9.59 Å². The number of carbonyl (C=O) groups excluding carboxylic acids is 2. The lowest BCUT2D eigenvalue weighted by molar-refractivity contribution is -0.138. The third kappa shape index (κ3) is 4.11. The van der Waals surface area contributed by atoms with Gasteiger partial charge in [-0.2, -0.15) is 0 Å². The van der Waals surface area contributed by atoms with Crippen molar-refractivity contribution in [2.45, 2.75) is 31.5 Å². The molecule has 2 aliphatic rings. The van der Waals surface area contributed by atoms with Gasteiger partial charge in [0.05, 0.1) is 10.9 Å². The normalized spacial score (nSPS) is 19.8. The standard InChI is InChI=1S/C29H24BrN7O2/c30-23-7-4-8-24(34-23)35-29(39)22-13-18-12-21(18)37(22)25(38)14-36-20-10-9-17(16-5-2-1-3-6-16)11-19(20)26-27(31)32-15-33-28(26)36/h1-11,15,18,21-22H,12-14H2,(H2,31,32,33)(H,34,35,39)/t18?,21-,22+/m1/s1. The number of nitrogens with two attached hydrogens (primary N) is 1. The lowest BCUT2D eigenvalue weighted by Gasteiger charge is -2.27. The van der Waals surface area contributed by atoms with Gasteiger partial charge in [0.2, 0.25) is 11.8 Å². The van der Waals surface area contributed by atoms with Crippen LogP contribution in [0.15, 0.2) is 77.7 Å². The number of nitrogens with one attached hydrogen (secondary N) is 1. The van der Waals surface area contributed by atoms with Crippen molar-refractivity contribution in [2.75, 3.05) is 11.1 Å². The molecule has 10 heteroatoms. The van der Waals surface area contributed by atoms with E-state index in [-0.39, 0.29) is 24.4 Å². The largest absolute Gasteiger partial charge is 0.383 e. The molecule has 0 bridgehead atoms. The highest BCUT2D eigenvalue weighted by atomic mass is 79.9. The second-order valence-electron chi connectivity index (χ2n) is 10.1. The lowest BCUT2D eigenvalue weighted by atomic mass is 10.0. The minimum Gasteiger partial charge on any atom is -0.383 e. The number of likely N-dealkylation sites (tertiary alicyclic amines) is 1. The van der Waals surface area contributed by atoms with Crippen LogP contribution in [-0.2, 0) is 16.1 Å². The molecule has 2 aromatic carbocycles. The Morgan fingerprint density at radius 1 is 1.00 bits per heavy atom. The first-order chi connectivity index (χ1) is 19.0. The average Bonchev–Trinajstić information content (AvgIpc) is 3.48. The van der Waals surface area contributed by atoms with Crippen molar-refractivity contribution in [3.8, 4) is 11.1 Å². The van der Waals surface area contributed by atoms with E-state index >= 15 is 0 Å². The molecule has 39 heavy (non-hydrogen) atoms. The number of anilines is 2. The molecule has 3 aromatic heterocycles. The minimum absolute atomic E-state index is 0.0449. The smallest absolute Gasteiger partial charge is 0.248 e. The number of hydrogen-bond donors (Lipinski definition) is 2. The van der Waals surface area contributed by atoms with Crippen LogP contribution < -0.4 is 11.1 Å². The molecule has 7 rings (SSSR count). The zero-order valence-corrected chi connectivity index (χ0v) is 22.4. The van der Waals surface area contributed by atoms with Crippen molar-refractivity contribution in [2.24, 2.45) is 5.92 Å². The SMILES string of the molecule is Nc1ncnc2c1c1cc(-c3ccccc3)ccc1n2CC(=O)N1[C@@H]2CC2C[C@H]1C(=O)Nc1cccc(Br)n1. The van der Waals surface area contributed by atoms with Crippen LogP contribution in [-0.4, -0.2) is 48.3 Å². The molecular formula is C29H24BrN7O2. The molecule has 1 aliphatic carbocycles. The van der Waals surface area contributed by atoms with E-state index in [4.69, 9.17) is 5.73 Å². The molecule has 0 radical (unpaired) electrons. The van der Waals surface area contributed by atoms with Gasteiger partial charge in [0.25, 0.3) is 0 Å². The summed E-state index contributed by atoms with van der Waals surface area (Å²) < 4.78 is 2.52. The van der Waals surface area contributed by atoms with Crippen LogP contribution >= 0.6 is 15.9 Å². The summed E-state index contributed by atoms with van der Waals surface area (Å²) in [6.07, 6.45) is 3.00. The molecule has 1 saturated carbocycles. The van der Waals surface area contributed by atoms with Crippen LogP contribution in [0.1, 0.15) is 12.8 Å². The van der Waals surface area contributed by atoms with Crippen LogP contribution in [0.2, 0.25) is 0 Å². The number of halogens is 1. The summed E-state index contributed by atoms with van der Waals surface area (Å²) in [7, 11) is 0. The third-order valence-electron chi connectivity index (χ3n) is 7.73. The summed E-state index contributed by atoms with van der Waals surface area (Å²) in [5.74, 6) is 0.826. The third-order valence-corrected chi connectivity index (χ3v) is 8.17. The van der Waals surface area contributed by atoms with Crippen LogP contribution in [0.3, 0.4) is 0 Å². The number of hydrogen-bond acceptors (Lipinski definition) is 6.